The summed E-state index contributed by atoms with van der Waals surface area (Å²) < 4.78 is 0. The number of piperidine rings is 1. The van der Waals surface area contributed by atoms with E-state index in [4.69, 9.17) is 0 Å². The van der Waals surface area contributed by atoms with Gasteiger partial charge in [0.05, 0.1) is 12.2 Å². The normalized spacial score (nSPS) is 57.2. The topological polar surface area (TPSA) is 72.7 Å². The van der Waals surface area contributed by atoms with E-state index in [1.165, 1.54) is 0 Å². The molecule has 0 aromatic rings. The third kappa shape index (κ3) is 1.80. The zero-order valence-corrected chi connectivity index (χ0v) is 13.6. The molecule has 4 heteroatoms. The van der Waals surface area contributed by atoms with E-state index in [1.54, 1.807) is 0 Å². The highest BCUT2D eigenvalue weighted by molar-refractivity contribution is 5.25. The van der Waals surface area contributed by atoms with Crippen LogP contribution in [0, 0.1) is 28.6 Å². The van der Waals surface area contributed by atoms with E-state index in [0.29, 0.717) is 18.3 Å². The molecule has 3 fully saturated rings. The van der Waals surface area contributed by atoms with Crippen LogP contribution in [-0.2, 0) is 0 Å². The van der Waals surface area contributed by atoms with Crippen LogP contribution in [0.25, 0.3) is 0 Å². The van der Waals surface area contributed by atoms with Gasteiger partial charge in [0.2, 0.25) is 0 Å². The van der Waals surface area contributed by atoms with Crippen LogP contribution in [0.2, 0.25) is 0 Å². The number of allylic oxidation sites excluding steroid dienone is 2. The first-order valence-electron chi connectivity index (χ1n) is 8.87. The fraction of sp³-hybridized carbons (Fsp3) is 0.889. The minimum Gasteiger partial charge on any atom is -0.393 e. The molecule has 1 aliphatic heterocycles. The Kier molecular flexibility index (Phi) is 3.21. The molecule has 0 spiro atoms. The van der Waals surface area contributed by atoms with Gasteiger partial charge in [-0.15, -0.1) is 0 Å². The summed E-state index contributed by atoms with van der Waals surface area (Å²) in [7, 11) is 0. The van der Waals surface area contributed by atoms with Gasteiger partial charge in [-0.3, -0.25) is 0 Å². The lowest BCUT2D eigenvalue weighted by molar-refractivity contribution is -0.138. The Morgan fingerprint density at radius 1 is 1.14 bits per heavy atom. The second-order valence-electron chi connectivity index (χ2n) is 8.64. The first-order valence-corrected chi connectivity index (χ1v) is 8.87. The van der Waals surface area contributed by atoms with Crippen LogP contribution in [-0.4, -0.2) is 33.8 Å². The van der Waals surface area contributed by atoms with Gasteiger partial charge in [-0.25, -0.2) is 0 Å². The Labute approximate surface area is 132 Å². The van der Waals surface area contributed by atoms with Gasteiger partial charge < -0.3 is 20.6 Å². The van der Waals surface area contributed by atoms with Crippen LogP contribution >= 0.6 is 0 Å². The molecule has 2 saturated carbocycles. The summed E-state index contributed by atoms with van der Waals surface area (Å²) in [4.78, 5) is 0. The SMILES string of the molecule is CC12CCC(O)NC1=CCC1C2[C@@H](O)CC2(C)C1CC[C@@H]2O. The van der Waals surface area contributed by atoms with Crippen molar-refractivity contribution in [3.63, 3.8) is 0 Å². The number of fused-ring (bicyclic) bond motifs is 5. The lowest BCUT2D eigenvalue weighted by atomic mass is 9.49. The largest absolute Gasteiger partial charge is 0.393 e. The lowest BCUT2D eigenvalue weighted by Gasteiger charge is -2.59. The molecule has 4 nitrogen and oxygen atoms in total. The maximum absolute atomic E-state index is 11.0. The molecule has 4 rings (SSSR count). The predicted molar refractivity (Wildman–Crippen MR) is 83.6 cm³/mol. The lowest BCUT2D eigenvalue weighted by Crippen LogP contribution is -2.59. The number of hydrogen-bond donors (Lipinski definition) is 4. The van der Waals surface area contributed by atoms with E-state index in [-0.39, 0.29) is 29.0 Å². The van der Waals surface area contributed by atoms with Crippen molar-refractivity contribution in [2.45, 2.75) is 70.8 Å². The molecule has 0 aromatic heterocycles. The third-order valence-electron chi connectivity index (χ3n) is 7.61. The van der Waals surface area contributed by atoms with E-state index >= 15 is 0 Å². The van der Waals surface area contributed by atoms with Gasteiger partial charge in [-0.1, -0.05) is 19.9 Å². The second kappa shape index (κ2) is 4.71. The Morgan fingerprint density at radius 2 is 1.91 bits per heavy atom. The molecule has 124 valence electrons. The van der Waals surface area contributed by atoms with Crippen molar-refractivity contribution in [2.24, 2.45) is 28.6 Å². The summed E-state index contributed by atoms with van der Waals surface area (Å²) in [6.45, 7) is 4.44. The highest BCUT2D eigenvalue weighted by atomic mass is 16.3. The monoisotopic (exact) mass is 307 g/mol. The Balaban J connectivity index is 1.73. The number of hydrogen-bond acceptors (Lipinski definition) is 4. The minimum atomic E-state index is -0.449. The third-order valence-corrected chi connectivity index (χ3v) is 7.61. The van der Waals surface area contributed by atoms with Gasteiger partial charge in [-0.05, 0) is 61.7 Å². The Hall–Kier alpha value is -0.580. The molecular formula is C18H29NO3. The van der Waals surface area contributed by atoms with Crippen LogP contribution in [0.1, 0.15) is 52.4 Å². The van der Waals surface area contributed by atoms with Crippen molar-refractivity contribution in [3.8, 4) is 0 Å². The smallest absolute Gasteiger partial charge is 0.124 e. The maximum Gasteiger partial charge on any atom is 0.124 e. The predicted octanol–water partition coefficient (Wildman–Crippen LogP) is 1.76. The van der Waals surface area contributed by atoms with Crippen molar-refractivity contribution in [2.75, 3.05) is 0 Å². The van der Waals surface area contributed by atoms with Gasteiger partial charge in [0.1, 0.15) is 6.23 Å². The first kappa shape index (κ1) is 15.0. The molecular weight excluding hydrogens is 278 g/mol. The molecule has 0 bridgehead atoms. The van der Waals surface area contributed by atoms with Gasteiger partial charge in [0.25, 0.3) is 0 Å². The molecule has 6 unspecified atom stereocenters. The number of nitrogens with one attached hydrogen (secondary N) is 1. The maximum atomic E-state index is 11.0. The van der Waals surface area contributed by atoms with Crippen molar-refractivity contribution in [1.82, 2.24) is 5.32 Å². The average Bonchev–Trinajstić information content (AvgIpc) is 2.75. The summed E-state index contributed by atoms with van der Waals surface area (Å²) in [5.74, 6) is 1.21. The molecule has 4 aliphatic rings. The number of aliphatic hydroxyl groups is 3. The van der Waals surface area contributed by atoms with Crippen LogP contribution in [0.3, 0.4) is 0 Å². The van der Waals surface area contributed by atoms with Crippen LogP contribution in [0.15, 0.2) is 11.8 Å². The fourth-order valence-corrected chi connectivity index (χ4v) is 6.44. The zero-order chi connectivity index (χ0) is 15.7. The highest BCUT2D eigenvalue weighted by Crippen LogP contribution is 2.63. The van der Waals surface area contributed by atoms with E-state index in [0.717, 1.165) is 37.8 Å². The summed E-state index contributed by atoms with van der Waals surface area (Å²) >= 11 is 0. The molecule has 4 N–H and O–H groups in total. The summed E-state index contributed by atoms with van der Waals surface area (Å²) in [5, 5.41) is 34.6. The fourth-order valence-electron chi connectivity index (χ4n) is 6.44. The van der Waals surface area contributed by atoms with E-state index in [2.05, 4.69) is 25.2 Å². The molecule has 22 heavy (non-hydrogen) atoms. The van der Waals surface area contributed by atoms with Crippen molar-refractivity contribution in [1.29, 1.82) is 0 Å². The number of aliphatic hydroxyl groups excluding tert-OH is 3. The van der Waals surface area contributed by atoms with Crippen LogP contribution in [0.5, 0.6) is 0 Å². The summed E-state index contributed by atoms with van der Waals surface area (Å²) in [6, 6.07) is 0. The molecule has 1 heterocycles. The molecule has 3 aliphatic carbocycles. The summed E-state index contributed by atoms with van der Waals surface area (Å²) in [5.41, 5.74) is 0.953. The Bertz CT molecular complexity index is 507. The highest BCUT2D eigenvalue weighted by Gasteiger charge is 2.61. The number of rotatable bonds is 0. The molecule has 0 amide bonds. The van der Waals surface area contributed by atoms with E-state index in [1.807, 2.05) is 0 Å². The van der Waals surface area contributed by atoms with E-state index in [9.17, 15) is 15.3 Å². The zero-order valence-electron chi connectivity index (χ0n) is 13.6. The van der Waals surface area contributed by atoms with Gasteiger partial charge in [-0.2, -0.15) is 0 Å². The first-order chi connectivity index (χ1) is 10.4. The average molecular weight is 307 g/mol. The summed E-state index contributed by atoms with van der Waals surface area (Å²) in [6.07, 6.45) is 6.49. The molecule has 1 saturated heterocycles. The van der Waals surface area contributed by atoms with Gasteiger partial charge in [0, 0.05) is 11.1 Å². The van der Waals surface area contributed by atoms with Crippen LogP contribution < -0.4 is 5.32 Å². The quantitative estimate of drug-likeness (QED) is 0.550. The standard InChI is InChI=1S/C18H29NO3/c1-17-8-7-15(22)19-13(17)5-3-10-11-4-6-14(21)18(11,2)9-12(20)16(10)17/h5,10-12,14-16,19-22H,3-4,6-9H2,1-2H3/t10?,11?,12-,14-,15?,16?,17?,18?/m0/s1. The second-order valence-corrected chi connectivity index (χ2v) is 8.64. The molecule has 0 aromatic carbocycles. The van der Waals surface area contributed by atoms with Crippen molar-refractivity contribution >= 4 is 0 Å². The minimum absolute atomic E-state index is 0.0591. The molecule has 8 atom stereocenters. The van der Waals surface area contributed by atoms with Crippen LogP contribution in [0.4, 0.5) is 0 Å². The van der Waals surface area contributed by atoms with Gasteiger partial charge in [0.15, 0.2) is 0 Å². The van der Waals surface area contributed by atoms with Gasteiger partial charge >= 0.3 is 0 Å². The van der Waals surface area contributed by atoms with Crippen molar-refractivity contribution < 1.29 is 15.3 Å². The van der Waals surface area contributed by atoms with E-state index < -0.39 is 6.23 Å². The van der Waals surface area contributed by atoms with Crippen molar-refractivity contribution in [3.05, 3.63) is 11.8 Å². The Morgan fingerprint density at radius 3 is 2.68 bits per heavy atom. The molecule has 0 radical (unpaired) electrons.